The fourth-order valence-electron chi connectivity index (χ4n) is 2.50. The molecule has 1 aromatic carbocycles. The van der Waals surface area contributed by atoms with Crippen LogP contribution < -0.4 is 9.62 Å². The van der Waals surface area contributed by atoms with Crippen molar-refractivity contribution in [1.82, 2.24) is 4.72 Å². The summed E-state index contributed by atoms with van der Waals surface area (Å²) in [5, 5.41) is 11.0. The van der Waals surface area contributed by atoms with Crippen molar-refractivity contribution in [3.63, 3.8) is 0 Å². The lowest BCUT2D eigenvalue weighted by molar-refractivity contribution is -0.384. The Bertz CT molecular complexity index is 650. The molecule has 0 bridgehead atoms. The molecule has 7 nitrogen and oxygen atoms in total. The molecule has 0 aliphatic carbocycles. The SMILES string of the molecule is CS(=O)(=O)NC1CCCN(c2cc(F)ccc2[N+](=O)[O-])C1. The van der Waals surface area contributed by atoms with Crippen molar-refractivity contribution >= 4 is 21.4 Å². The Morgan fingerprint density at radius 2 is 2.19 bits per heavy atom. The number of nitro benzene ring substituents is 1. The van der Waals surface area contributed by atoms with Crippen molar-refractivity contribution < 1.29 is 17.7 Å². The molecular weight excluding hydrogens is 301 g/mol. The van der Waals surface area contributed by atoms with E-state index >= 15 is 0 Å². The van der Waals surface area contributed by atoms with Gasteiger partial charge in [-0.25, -0.2) is 17.5 Å². The van der Waals surface area contributed by atoms with Gasteiger partial charge in [-0.15, -0.1) is 0 Å². The van der Waals surface area contributed by atoms with Crippen LogP contribution in [0.25, 0.3) is 0 Å². The Morgan fingerprint density at radius 3 is 2.81 bits per heavy atom. The molecule has 1 aliphatic heterocycles. The fraction of sp³-hybridized carbons (Fsp3) is 0.500. The average Bonchev–Trinajstić information content (AvgIpc) is 2.36. The molecule has 1 unspecified atom stereocenters. The third kappa shape index (κ3) is 4.11. The number of rotatable bonds is 4. The van der Waals surface area contributed by atoms with Crippen LogP contribution in [0.1, 0.15) is 12.8 Å². The Balaban J connectivity index is 2.25. The Hall–Kier alpha value is -1.74. The van der Waals surface area contributed by atoms with E-state index in [9.17, 15) is 22.9 Å². The molecule has 1 fully saturated rings. The fourth-order valence-corrected chi connectivity index (χ4v) is 3.30. The van der Waals surface area contributed by atoms with Crippen LogP contribution in [0.3, 0.4) is 0 Å². The number of hydrogen-bond donors (Lipinski definition) is 1. The molecule has 2 rings (SSSR count). The predicted molar refractivity (Wildman–Crippen MR) is 76.3 cm³/mol. The van der Waals surface area contributed by atoms with Crippen LogP contribution in [-0.2, 0) is 10.0 Å². The lowest BCUT2D eigenvalue weighted by atomic mass is 10.1. The maximum Gasteiger partial charge on any atom is 0.292 e. The molecule has 1 heterocycles. The summed E-state index contributed by atoms with van der Waals surface area (Å²) in [4.78, 5) is 12.1. The predicted octanol–water partition coefficient (Wildman–Crippen LogP) is 1.25. The number of nitrogens with zero attached hydrogens (tertiary/aromatic N) is 2. The zero-order valence-electron chi connectivity index (χ0n) is 11.5. The van der Waals surface area contributed by atoms with Gasteiger partial charge in [-0.1, -0.05) is 0 Å². The van der Waals surface area contributed by atoms with Gasteiger partial charge >= 0.3 is 0 Å². The zero-order valence-corrected chi connectivity index (χ0v) is 12.3. The molecule has 1 N–H and O–H groups in total. The smallest absolute Gasteiger partial charge is 0.292 e. The highest BCUT2D eigenvalue weighted by Crippen LogP contribution is 2.31. The second-order valence-electron chi connectivity index (χ2n) is 5.07. The molecule has 0 spiro atoms. The summed E-state index contributed by atoms with van der Waals surface area (Å²) in [6.45, 7) is 0.795. The second-order valence-corrected chi connectivity index (χ2v) is 6.85. The molecule has 116 valence electrons. The van der Waals surface area contributed by atoms with E-state index in [0.717, 1.165) is 24.5 Å². The Labute approximate surface area is 122 Å². The lowest BCUT2D eigenvalue weighted by Gasteiger charge is -2.34. The minimum absolute atomic E-state index is 0.181. The van der Waals surface area contributed by atoms with Crippen molar-refractivity contribution in [3.05, 3.63) is 34.1 Å². The van der Waals surface area contributed by atoms with Crippen molar-refractivity contribution in [2.75, 3.05) is 24.2 Å². The van der Waals surface area contributed by atoms with Crippen LogP contribution in [0.2, 0.25) is 0 Å². The number of nitrogens with one attached hydrogen (secondary N) is 1. The minimum Gasteiger partial charge on any atom is -0.364 e. The van der Waals surface area contributed by atoms with Gasteiger partial charge in [0.25, 0.3) is 5.69 Å². The molecule has 0 saturated carbocycles. The highest BCUT2D eigenvalue weighted by Gasteiger charge is 2.27. The third-order valence-electron chi connectivity index (χ3n) is 3.28. The maximum atomic E-state index is 13.4. The van der Waals surface area contributed by atoms with Crippen LogP contribution in [0.5, 0.6) is 0 Å². The summed E-state index contributed by atoms with van der Waals surface area (Å²) >= 11 is 0. The van der Waals surface area contributed by atoms with E-state index < -0.39 is 20.8 Å². The molecule has 1 atom stereocenters. The number of anilines is 1. The molecule has 1 aromatic rings. The van der Waals surface area contributed by atoms with Crippen LogP contribution in [-0.4, -0.2) is 38.7 Å². The molecular formula is C12H16FN3O4S. The van der Waals surface area contributed by atoms with Gasteiger partial charge in [0.1, 0.15) is 11.5 Å². The van der Waals surface area contributed by atoms with Crippen LogP contribution in [0.4, 0.5) is 15.8 Å². The minimum atomic E-state index is -3.35. The summed E-state index contributed by atoms with van der Waals surface area (Å²) in [5.74, 6) is -0.561. The molecule has 1 saturated heterocycles. The first kappa shape index (κ1) is 15.6. The number of piperidine rings is 1. The van der Waals surface area contributed by atoms with E-state index in [2.05, 4.69) is 4.72 Å². The Morgan fingerprint density at radius 1 is 1.48 bits per heavy atom. The van der Waals surface area contributed by atoms with E-state index in [0.29, 0.717) is 19.4 Å². The highest BCUT2D eigenvalue weighted by molar-refractivity contribution is 7.88. The lowest BCUT2D eigenvalue weighted by Crippen LogP contribution is -2.47. The van der Waals surface area contributed by atoms with Gasteiger partial charge in [-0.05, 0) is 18.9 Å². The summed E-state index contributed by atoms with van der Waals surface area (Å²) in [6.07, 6.45) is 2.38. The van der Waals surface area contributed by atoms with Crippen LogP contribution >= 0.6 is 0 Å². The highest BCUT2D eigenvalue weighted by atomic mass is 32.2. The second kappa shape index (κ2) is 5.94. The van der Waals surface area contributed by atoms with Gasteiger partial charge < -0.3 is 4.90 Å². The number of hydrogen-bond acceptors (Lipinski definition) is 5. The molecule has 1 aliphatic rings. The van der Waals surface area contributed by atoms with E-state index in [1.165, 1.54) is 0 Å². The third-order valence-corrected chi connectivity index (χ3v) is 4.04. The van der Waals surface area contributed by atoms with Crippen LogP contribution in [0, 0.1) is 15.9 Å². The molecule has 0 aromatic heterocycles. The van der Waals surface area contributed by atoms with Crippen molar-refractivity contribution in [3.8, 4) is 0 Å². The standard InChI is InChI=1S/C12H16FN3O4S/c1-21(19,20)14-10-3-2-6-15(8-10)12-7-9(13)4-5-11(12)16(17)18/h4-5,7,10,14H,2-3,6,8H2,1H3. The molecule has 0 radical (unpaired) electrons. The van der Waals surface area contributed by atoms with Crippen molar-refractivity contribution in [1.29, 1.82) is 0 Å². The van der Waals surface area contributed by atoms with E-state index in [-0.39, 0.29) is 24.0 Å². The first-order valence-corrected chi connectivity index (χ1v) is 8.31. The largest absolute Gasteiger partial charge is 0.364 e. The topological polar surface area (TPSA) is 92.6 Å². The number of benzene rings is 1. The molecule has 9 heteroatoms. The van der Waals surface area contributed by atoms with Gasteiger partial charge in [-0.2, -0.15) is 0 Å². The maximum absolute atomic E-state index is 13.4. The first-order valence-electron chi connectivity index (χ1n) is 6.42. The number of nitro groups is 1. The van der Waals surface area contributed by atoms with Gasteiger partial charge in [0.2, 0.25) is 10.0 Å². The van der Waals surface area contributed by atoms with Gasteiger partial charge in [0.15, 0.2) is 0 Å². The summed E-state index contributed by atoms with van der Waals surface area (Å²) in [7, 11) is -3.35. The first-order chi connectivity index (χ1) is 9.76. The summed E-state index contributed by atoms with van der Waals surface area (Å²) < 4.78 is 38.4. The quantitative estimate of drug-likeness (QED) is 0.666. The van der Waals surface area contributed by atoms with Gasteiger partial charge in [-0.3, -0.25) is 10.1 Å². The zero-order chi connectivity index (χ0) is 15.6. The van der Waals surface area contributed by atoms with E-state index in [1.807, 2.05) is 0 Å². The van der Waals surface area contributed by atoms with Gasteiger partial charge in [0.05, 0.1) is 11.2 Å². The van der Waals surface area contributed by atoms with E-state index in [1.54, 1.807) is 4.90 Å². The van der Waals surface area contributed by atoms with Crippen molar-refractivity contribution in [2.45, 2.75) is 18.9 Å². The average molecular weight is 317 g/mol. The van der Waals surface area contributed by atoms with Crippen LogP contribution in [0.15, 0.2) is 18.2 Å². The van der Waals surface area contributed by atoms with Crippen molar-refractivity contribution in [2.24, 2.45) is 0 Å². The molecule has 21 heavy (non-hydrogen) atoms. The number of halogens is 1. The van der Waals surface area contributed by atoms with Gasteiger partial charge in [0, 0.05) is 31.3 Å². The normalized spacial score (nSPS) is 19.5. The Kier molecular flexibility index (Phi) is 4.43. The molecule has 0 amide bonds. The summed E-state index contributed by atoms with van der Waals surface area (Å²) in [5.41, 5.74) is -0.00333. The summed E-state index contributed by atoms with van der Waals surface area (Å²) in [6, 6.07) is 2.94. The van der Waals surface area contributed by atoms with E-state index in [4.69, 9.17) is 0 Å². The monoisotopic (exact) mass is 317 g/mol. The number of sulfonamides is 1.